The smallest absolute Gasteiger partial charge is 0.403 e. The summed E-state index contributed by atoms with van der Waals surface area (Å²) in [6.45, 7) is 3.52. The number of carboxylic acids is 1. The number of fused-ring (bicyclic) bond motifs is 4. The lowest BCUT2D eigenvalue weighted by Crippen LogP contribution is -2.66. The van der Waals surface area contributed by atoms with E-state index in [9.17, 15) is 37.1 Å². The predicted octanol–water partition coefficient (Wildman–Crippen LogP) is 7.33. The minimum Gasteiger partial charge on any atom is -0.478 e. The number of anilines is 1. The van der Waals surface area contributed by atoms with E-state index in [2.05, 4.69) is 10.3 Å². The largest absolute Gasteiger partial charge is 0.478 e. The van der Waals surface area contributed by atoms with Gasteiger partial charge in [-0.05, 0) is 94.7 Å². The van der Waals surface area contributed by atoms with E-state index >= 15 is 0 Å². The summed E-state index contributed by atoms with van der Waals surface area (Å²) in [6, 6.07) is 9.27. The molecular formula is C44H52F4N4O7S. The molecule has 5 heterocycles. The minimum atomic E-state index is -4.65. The average molecular weight is 857 g/mol. The molecule has 4 aliphatic heterocycles. The fraction of sp³-hybridized carbons (Fsp3) is 0.636. The van der Waals surface area contributed by atoms with Gasteiger partial charge in [0.25, 0.3) is 0 Å². The number of aromatic nitrogens is 1. The standard InChI is InChI=1S/C44H52F4N4O7S/c1-26(58-23-41-12-10-30(11-13-41)59-24-41)35(19-57-29-8-6-27(7-9-29)31-4-2-3-5-32(31)39(54)55)50-38(53)33-18-51(36-17-28(45)16-34-37(36)60-25-49-34)20-42(33)21-52(22-42)40(56)43(14-15-43)44(46,47)48/h2-5,16-17,25-27,29-30,33,35H,6-15,18-24H2,1H3,(H,50,53)(H,54,55)/t26-,27?,29?,30?,33+,35-,41?/m1/s1. The van der Waals surface area contributed by atoms with Crippen molar-refractivity contribution in [3.05, 3.63) is 58.9 Å². The number of carbonyl (C=O) groups excluding carboxylic acids is 2. The molecule has 1 aromatic heterocycles. The second kappa shape index (κ2) is 15.8. The summed E-state index contributed by atoms with van der Waals surface area (Å²) in [5.41, 5.74) is 0.466. The topological polar surface area (TPSA) is 131 Å². The van der Waals surface area contributed by atoms with Gasteiger partial charge in [-0.25, -0.2) is 14.2 Å². The highest BCUT2D eigenvalue weighted by Gasteiger charge is 2.71. The molecule has 60 heavy (non-hydrogen) atoms. The van der Waals surface area contributed by atoms with Crippen molar-refractivity contribution < 1.29 is 51.3 Å². The number of carboxylic acid groups (broad SMARTS) is 1. The molecule has 0 unspecified atom stereocenters. The van der Waals surface area contributed by atoms with Crippen molar-refractivity contribution in [2.75, 3.05) is 50.9 Å². The molecule has 324 valence electrons. The zero-order valence-corrected chi connectivity index (χ0v) is 34.5. The van der Waals surface area contributed by atoms with Crippen molar-refractivity contribution in [2.24, 2.45) is 22.2 Å². The number of rotatable bonds is 13. The molecule has 16 heteroatoms. The molecule has 3 aromatic rings. The van der Waals surface area contributed by atoms with Gasteiger partial charge in [0, 0.05) is 43.1 Å². The maximum atomic E-state index is 14.9. The van der Waals surface area contributed by atoms with E-state index < -0.39 is 52.8 Å². The fourth-order valence-electron chi connectivity index (χ4n) is 10.7. The van der Waals surface area contributed by atoms with Crippen LogP contribution in [0.5, 0.6) is 0 Å². The summed E-state index contributed by atoms with van der Waals surface area (Å²) in [7, 11) is 0. The number of ether oxygens (including phenoxy) is 3. The molecule has 3 atom stereocenters. The number of nitrogens with zero attached hydrogens (tertiary/aromatic N) is 3. The number of amides is 2. The zero-order chi connectivity index (χ0) is 42.0. The number of hydrogen-bond donors (Lipinski definition) is 2. The average Bonchev–Trinajstić information content (AvgIpc) is 3.77. The Morgan fingerprint density at radius 1 is 1.03 bits per heavy atom. The molecule has 2 aromatic carbocycles. The van der Waals surface area contributed by atoms with Crippen LogP contribution in [0.15, 0.2) is 41.9 Å². The third kappa shape index (κ3) is 7.67. The van der Waals surface area contributed by atoms with Gasteiger partial charge in [-0.2, -0.15) is 13.2 Å². The monoisotopic (exact) mass is 856 g/mol. The first-order chi connectivity index (χ1) is 28.7. The molecule has 7 aliphatic rings. The molecule has 3 aliphatic carbocycles. The maximum absolute atomic E-state index is 14.9. The maximum Gasteiger partial charge on any atom is 0.403 e. The zero-order valence-electron chi connectivity index (χ0n) is 33.7. The van der Waals surface area contributed by atoms with Gasteiger partial charge < -0.3 is 34.4 Å². The van der Waals surface area contributed by atoms with Crippen LogP contribution in [0.25, 0.3) is 10.2 Å². The highest BCUT2D eigenvalue weighted by atomic mass is 32.1. The number of hydrogen-bond acceptors (Lipinski definition) is 9. The number of benzene rings is 2. The van der Waals surface area contributed by atoms with Crippen LogP contribution in [-0.2, 0) is 23.8 Å². The molecule has 3 saturated carbocycles. The molecule has 11 nitrogen and oxygen atoms in total. The lowest BCUT2D eigenvalue weighted by atomic mass is 9.70. The first kappa shape index (κ1) is 41.5. The van der Waals surface area contributed by atoms with Crippen molar-refractivity contribution in [3.8, 4) is 0 Å². The first-order valence-corrected chi connectivity index (χ1v) is 22.2. The quantitative estimate of drug-likeness (QED) is 0.170. The Kier molecular flexibility index (Phi) is 10.9. The highest BCUT2D eigenvalue weighted by Crippen LogP contribution is 2.60. The van der Waals surface area contributed by atoms with Crippen molar-refractivity contribution >= 4 is 45.0 Å². The van der Waals surface area contributed by atoms with Crippen LogP contribution in [0.1, 0.15) is 93.0 Å². The Balaban J connectivity index is 0.931. The van der Waals surface area contributed by atoms with Crippen LogP contribution in [0.2, 0.25) is 0 Å². The normalized spacial score (nSPS) is 29.0. The molecule has 7 fully saturated rings. The molecule has 2 amide bonds. The van der Waals surface area contributed by atoms with Crippen LogP contribution in [0, 0.1) is 28.0 Å². The van der Waals surface area contributed by atoms with E-state index in [0.717, 1.165) is 48.8 Å². The van der Waals surface area contributed by atoms with Gasteiger partial charge in [-0.3, -0.25) is 9.59 Å². The third-order valence-electron chi connectivity index (χ3n) is 14.7. The second-order valence-electron chi connectivity index (χ2n) is 18.5. The lowest BCUT2D eigenvalue weighted by Gasteiger charge is -2.51. The number of alkyl halides is 3. The Hall–Kier alpha value is -3.86. The van der Waals surface area contributed by atoms with Gasteiger partial charge in [0.05, 0.1) is 77.1 Å². The summed E-state index contributed by atoms with van der Waals surface area (Å²) >= 11 is 1.34. The van der Waals surface area contributed by atoms with Gasteiger partial charge in [-0.1, -0.05) is 18.2 Å². The Morgan fingerprint density at radius 3 is 2.43 bits per heavy atom. The Bertz CT molecular complexity index is 2090. The number of carbonyl (C=O) groups is 3. The molecule has 1 spiro atoms. The van der Waals surface area contributed by atoms with Crippen LogP contribution < -0.4 is 10.2 Å². The van der Waals surface area contributed by atoms with Crippen LogP contribution in [0.4, 0.5) is 23.2 Å². The number of aromatic carboxylic acids is 1. The summed E-state index contributed by atoms with van der Waals surface area (Å²) in [4.78, 5) is 47.5. The van der Waals surface area contributed by atoms with Gasteiger partial charge in [0.2, 0.25) is 11.8 Å². The van der Waals surface area contributed by atoms with Gasteiger partial charge in [-0.15, -0.1) is 11.3 Å². The van der Waals surface area contributed by atoms with Crippen molar-refractivity contribution in [1.82, 2.24) is 15.2 Å². The van der Waals surface area contributed by atoms with E-state index in [-0.39, 0.29) is 69.0 Å². The molecule has 0 radical (unpaired) electrons. The van der Waals surface area contributed by atoms with Crippen molar-refractivity contribution in [2.45, 2.75) is 108 Å². The summed E-state index contributed by atoms with van der Waals surface area (Å²) in [5, 5.41) is 13.0. The Labute approximate surface area is 350 Å². The lowest BCUT2D eigenvalue weighted by molar-refractivity contribution is -0.205. The van der Waals surface area contributed by atoms with Crippen molar-refractivity contribution in [1.29, 1.82) is 0 Å². The number of likely N-dealkylation sites (tertiary alicyclic amines) is 1. The van der Waals surface area contributed by atoms with Crippen LogP contribution >= 0.6 is 11.3 Å². The van der Waals surface area contributed by atoms with Gasteiger partial charge in [0.1, 0.15) is 11.2 Å². The number of thiazole rings is 1. The van der Waals surface area contributed by atoms with E-state index in [1.54, 1.807) is 17.6 Å². The summed E-state index contributed by atoms with van der Waals surface area (Å²) in [6.07, 6.45) is 1.47. The Morgan fingerprint density at radius 2 is 1.77 bits per heavy atom. The number of nitrogens with one attached hydrogen (secondary N) is 1. The van der Waals surface area contributed by atoms with Crippen LogP contribution in [-0.4, -0.2) is 109 Å². The highest BCUT2D eigenvalue weighted by molar-refractivity contribution is 7.17. The van der Waals surface area contributed by atoms with Gasteiger partial charge in [0.15, 0.2) is 0 Å². The fourth-order valence-corrected chi connectivity index (χ4v) is 11.5. The summed E-state index contributed by atoms with van der Waals surface area (Å²) < 4.78 is 77.1. The van der Waals surface area contributed by atoms with Gasteiger partial charge >= 0.3 is 12.1 Å². The van der Waals surface area contributed by atoms with E-state index in [4.69, 9.17) is 14.2 Å². The SMILES string of the molecule is C[C@@H](OCC12CCC(CC1)OC2)[C@@H](COC1CCC(c2ccccc2C(=O)O)CC1)NC(=O)[C@@H]1CN(c2cc(F)cc3ncsc23)CC12CN(C(=O)C1(C(F)(F)F)CC1)C2. The minimum absolute atomic E-state index is 0.0234. The van der Waals surface area contributed by atoms with Crippen molar-refractivity contribution in [3.63, 3.8) is 0 Å². The first-order valence-electron chi connectivity index (χ1n) is 21.3. The second-order valence-corrected chi connectivity index (χ2v) is 19.4. The third-order valence-corrected chi connectivity index (χ3v) is 15.5. The van der Waals surface area contributed by atoms with Crippen LogP contribution in [0.3, 0.4) is 0 Å². The molecular weight excluding hydrogens is 805 g/mol. The summed E-state index contributed by atoms with van der Waals surface area (Å²) in [5.74, 6) is -3.35. The van der Waals surface area contributed by atoms with E-state index in [1.165, 1.54) is 28.4 Å². The molecule has 2 N–H and O–H groups in total. The molecule has 2 bridgehead atoms. The predicted molar refractivity (Wildman–Crippen MR) is 214 cm³/mol. The van der Waals surface area contributed by atoms with E-state index in [1.807, 2.05) is 24.0 Å². The number of halogens is 4. The molecule has 10 rings (SSSR count). The molecule has 4 saturated heterocycles. The van der Waals surface area contributed by atoms with E-state index in [0.29, 0.717) is 48.9 Å².